The maximum absolute atomic E-state index is 12.9. The van der Waals surface area contributed by atoms with Crippen LogP contribution >= 0.6 is 0 Å². The summed E-state index contributed by atoms with van der Waals surface area (Å²) in [6.45, 7) is 4.55. The predicted molar refractivity (Wildman–Crippen MR) is 380 cm³/mol. The van der Waals surface area contributed by atoms with E-state index in [2.05, 4.69) is 123 Å². The maximum atomic E-state index is 12.9. The van der Waals surface area contributed by atoms with Gasteiger partial charge in [-0.3, -0.25) is 9.59 Å². The van der Waals surface area contributed by atoms with Crippen molar-refractivity contribution >= 4 is 17.9 Å². The van der Waals surface area contributed by atoms with Crippen LogP contribution in [0.15, 0.2) is 109 Å². The van der Waals surface area contributed by atoms with Crippen LogP contribution in [0.5, 0.6) is 0 Å². The minimum Gasteiger partial charge on any atom is -0.545 e. The molecule has 0 aromatic heterocycles. The molecule has 0 saturated heterocycles. The molecule has 0 bridgehead atoms. The molecule has 0 amide bonds. The number of unbranched alkanes of at least 4 members (excludes halogenated alkanes) is 35. The van der Waals surface area contributed by atoms with E-state index >= 15 is 0 Å². The fourth-order valence-electron chi connectivity index (χ4n) is 10.4. The number of allylic oxidation sites excluding steroid dienone is 18. The number of ether oxygens (including phenoxy) is 4. The highest BCUT2D eigenvalue weighted by atomic mass is 16.7. The summed E-state index contributed by atoms with van der Waals surface area (Å²) >= 11 is 0. The molecule has 0 N–H and O–H groups in total. The first kappa shape index (κ1) is 85.0. The lowest BCUT2D eigenvalue weighted by Crippen LogP contribution is -2.44. The molecule has 2 unspecified atom stereocenters. The Hall–Kier alpha value is -4.05. The first-order chi connectivity index (χ1) is 43.6. The van der Waals surface area contributed by atoms with Crippen LogP contribution in [0.3, 0.4) is 0 Å². The zero-order valence-corrected chi connectivity index (χ0v) is 58.5. The summed E-state index contributed by atoms with van der Waals surface area (Å²) in [6.07, 6.45) is 94.8. The standard InChI is InChI=1S/C80H139NO8/c1-6-8-10-12-14-16-18-20-22-24-26-28-30-31-32-33-34-35-36-37-38-39-40-41-42-43-44-45-46-47-49-51-53-55-57-59-61-63-65-67-69-71-78(83)89-76(75-88-80(79(84)85)86-73-72-81(3,4)5)74-87-77(82)70-68-66-64-62-60-58-56-54-52-50-48-29-27-25-23-21-19-17-15-13-11-9-7-2/h8-11,14-17,20-23,26-29,31-32,76,80H,6-7,12-13,18-19,24-25,30,33-75H2,1-5H3/b10-8-,11-9-,16-14-,17-15-,22-20-,23-21-,28-26-,29-27-,32-31-. The van der Waals surface area contributed by atoms with E-state index < -0.39 is 24.3 Å². The van der Waals surface area contributed by atoms with Gasteiger partial charge in [0.1, 0.15) is 13.2 Å². The minimum absolute atomic E-state index is 0.145. The van der Waals surface area contributed by atoms with Crippen molar-refractivity contribution in [1.82, 2.24) is 0 Å². The number of quaternary nitrogens is 1. The van der Waals surface area contributed by atoms with Crippen LogP contribution < -0.4 is 5.11 Å². The van der Waals surface area contributed by atoms with E-state index in [1.165, 1.54) is 193 Å². The Kier molecular flexibility index (Phi) is 66.7. The highest BCUT2D eigenvalue weighted by molar-refractivity contribution is 5.70. The first-order valence-corrected chi connectivity index (χ1v) is 37.0. The van der Waals surface area contributed by atoms with Crippen molar-refractivity contribution in [2.24, 2.45) is 0 Å². The van der Waals surface area contributed by atoms with Crippen molar-refractivity contribution in [3.8, 4) is 0 Å². The molecule has 2 atom stereocenters. The number of rotatable bonds is 68. The first-order valence-electron chi connectivity index (χ1n) is 37.0. The van der Waals surface area contributed by atoms with E-state index in [1.54, 1.807) is 0 Å². The Morgan fingerprint density at radius 1 is 0.337 bits per heavy atom. The van der Waals surface area contributed by atoms with Gasteiger partial charge in [-0.25, -0.2) is 0 Å². The molecule has 0 aliphatic rings. The summed E-state index contributed by atoms with van der Waals surface area (Å²) in [5.74, 6) is -2.28. The average Bonchev–Trinajstić information content (AvgIpc) is 3.64. The Labute approximate surface area is 549 Å². The summed E-state index contributed by atoms with van der Waals surface area (Å²) in [7, 11) is 5.93. The molecule has 0 fully saturated rings. The van der Waals surface area contributed by atoms with Gasteiger partial charge in [-0.1, -0.05) is 322 Å². The van der Waals surface area contributed by atoms with Crippen molar-refractivity contribution in [2.45, 2.75) is 334 Å². The number of hydrogen-bond donors (Lipinski definition) is 0. The molecule has 0 aromatic carbocycles. The van der Waals surface area contributed by atoms with Gasteiger partial charge in [-0.15, -0.1) is 0 Å². The second kappa shape index (κ2) is 69.8. The van der Waals surface area contributed by atoms with Gasteiger partial charge < -0.3 is 33.3 Å². The van der Waals surface area contributed by atoms with Crippen LogP contribution in [-0.4, -0.2) is 82.3 Å². The highest BCUT2D eigenvalue weighted by Gasteiger charge is 2.22. The third kappa shape index (κ3) is 71.3. The fourth-order valence-corrected chi connectivity index (χ4v) is 10.4. The average molecular weight is 1240 g/mol. The SMILES string of the molecule is CC/C=C\C/C=C\C/C=C\C/C=C\C/C=C\CCCCCCCCCCCCCCCCCCCCCCCCCCCC(=O)OC(COC(=O)CCCCCCCCCCCC/C=C\C/C=C\C/C=C\C/C=C\CC)COC(OCC[N+](C)(C)C)C(=O)[O-]. The van der Waals surface area contributed by atoms with Gasteiger partial charge in [0, 0.05) is 12.8 Å². The van der Waals surface area contributed by atoms with E-state index in [0.717, 1.165) is 96.3 Å². The number of carbonyl (C=O) groups is 3. The summed E-state index contributed by atoms with van der Waals surface area (Å²) in [5, 5.41) is 11.8. The Morgan fingerprint density at radius 2 is 0.607 bits per heavy atom. The van der Waals surface area contributed by atoms with Crippen LogP contribution in [0, 0.1) is 0 Å². The number of esters is 2. The Bertz CT molecular complexity index is 1830. The zero-order chi connectivity index (χ0) is 64.7. The highest BCUT2D eigenvalue weighted by Crippen LogP contribution is 2.18. The summed E-state index contributed by atoms with van der Waals surface area (Å²) < 4.78 is 22.8. The number of carboxylic acid groups (broad SMARTS) is 1. The van der Waals surface area contributed by atoms with Gasteiger partial charge in [0.2, 0.25) is 0 Å². The minimum atomic E-state index is -1.63. The Morgan fingerprint density at radius 3 is 0.899 bits per heavy atom. The number of carbonyl (C=O) groups excluding carboxylic acids is 3. The van der Waals surface area contributed by atoms with E-state index in [9.17, 15) is 19.5 Å². The number of hydrogen-bond acceptors (Lipinski definition) is 8. The van der Waals surface area contributed by atoms with E-state index in [4.69, 9.17) is 18.9 Å². The smallest absolute Gasteiger partial charge is 0.306 e. The van der Waals surface area contributed by atoms with Crippen LogP contribution in [0.4, 0.5) is 0 Å². The van der Waals surface area contributed by atoms with Crippen molar-refractivity contribution in [3.63, 3.8) is 0 Å². The predicted octanol–water partition coefficient (Wildman–Crippen LogP) is 22.0. The van der Waals surface area contributed by atoms with Gasteiger partial charge in [-0.2, -0.15) is 0 Å². The van der Waals surface area contributed by atoms with Crippen LogP contribution in [0.2, 0.25) is 0 Å². The molecule has 0 saturated carbocycles. The number of carboxylic acids is 1. The summed E-state index contributed by atoms with van der Waals surface area (Å²) in [5.41, 5.74) is 0. The second-order valence-corrected chi connectivity index (χ2v) is 25.8. The molecular formula is C80H139NO8. The van der Waals surface area contributed by atoms with E-state index in [0.29, 0.717) is 17.4 Å². The molecule has 9 heteroatoms. The van der Waals surface area contributed by atoms with Crippen molar-refractivity contribution in [1.29, 1.82) is 0 Å². The molecule has 0 heterocycles. The molecule has 0 rings (SSSR count). The van der Waals surface area contributed by atoms with Gasteiger partial charge in [0.25, 0.3) is 0 Å². The van der Waals surface area contributed by atoms with Crippen molar-refractivity contribution in [3.05, 3.63) is 109 Å². The van der Waals surface area contributed by atoms with Crippen LogP contribution in [0.1, 0.15) is 322 Å². The third-order valence-corrected chi connectivity index (χ3v) is 16.0. The van der Waals surface area contributed by atoms with Crippen molar-refractivity contribution < 1.29 is 42.9 Å². The third-order valence-electron chi connectivity index (χ3n) is 16.0. The van der Waals surface area contributed by atoms with Gasteiger partial charge in [0.05, 0.1) is 40.3 Å². The quantitative estimate of drug-likeness (QED) is 0.0195. The van der Waals surface area contributed by atoms with Gasteiger partial charge in [0.15, 0.2) is 12.4 Å². The lowest BCUT2D eigenvalue weighted by molar-refractivity contribution is -0.870. The number of likely N-dealkylation sites (N-methyl/N-ethyl adjacent to an activating group) is 1. The lowest BCUT2D eigenvalue weighted by Gasteiger charge is -2.26. The molecular weight excluding hydrogens is 1100 g/mol. The molecule has 0 aliphatic heterocycles. The second-order valence-electron chi connectivity index (χ2n) is 25.8. The largest absolute Gasteiger partial charge is 0.545 e. The van der Waals surface area contributed by atoms with E-state index in [1.807, 2.05) is 21.1 Å². The number of nitrogens with zero attached hydrogens (tertiary/aromatic N) is 1. The van der Waals surface area contributed by atoms with Gasteiger partial charge in [-0.05, 0) is 96.3 Å². The molecule has 512 valence electrons. The number of aliphatic carboxylic acids is 1. The Balaban J connectivity index is 3.99. The fraction of sp³-hybridized carbons (Fsp3) is 0.738. The molecule has 0 spiro atoms. The van der Waals surface area contributed by atoms with Crippen LogP contribution in [0.25, 0.3) is 0 Å². The molecule has 89 heavy (non-hydrogen) atoms. The summed E-state index contributed by atoms with van der Waals surface area (Å²) in [6, 6.07) is 0. The summed E-state index contributed by atoms with van der Waals surface area (Å²) in [4.78, 5) is 37.5. The molecule has 0 aromatic rings. The van der Waals surface area contributed by atoms with Gasteiger partial charge >= 0.3 is 11.9 Å². The topological polar surface area (TPSA) is 111 Å². The normalized spacial score (nSPS) is 13.3. The van der Waals surface area contributed by atoms with E-state index in [-0.39, 0.29) is 38.6 Å². The zero-order valence-electron chi connectivity index (χ0n) is 58.5. The van der Waals surface area contributed by atoms with Crippen LogP contribution in [-0.2, 0) is 33.3 Å². The lowest BCUT2D eigenvalue weighted by atomic mass is 10.0. The molecule has 0 aliphatic carbocycles. The molecule has 9 nitrogen and oxygen atoms in total. The van der Waals surface area contributed by atoms with Crippen molar-refractivity contribution in [2.75, 3.05) is 47.5 Å². The monoisotopic (exact) mass is 1240 g/mol. The molecule has 0 radical (unpaired) electrons. The maximum Gasteiger partial charge on any atom is 0.306 e.